The van der Waals surface area contributed by atoms with E-state index in [1.807, 2.05) is 18.2 Å². The summed E-state index contributed by atoms with van der Waals surface area (Å²) in [7, 11) is 0. The minimum absolute atomic E-state index is 0.202. The van der Waals surface area contributed by atoms with Crippen LogP contribution in [0.25, 0.3) is 0 Å². The first kappa shape index (κ1) is 17.7. The molecule has 7 heteroatoms. The summed E-state index contributed by atoms with van der Waals surface area (Å²) >= 11 is 7.27. The molecule has 122 valence electrons. The minimum Gasteiger partial charge on any atom is -0.325 e. The molecule has 0 radical (unpaired) electrons. The van der Waals surface area contributed by atoms with Crippen molar-refractivity contribution in [2.45, 2.75) is 11.9 Å². The third-order valence-corrected chi connectivity index (χ3v) is 4.13. The molecule has 0 saturated carbocycles. The van der Waals surface area contributed by atoms with Gasteiger partial charge in [-0.3, -0.25) is 4.79 Å². The Balaban J connectivity index is 1.80. The number of rotatable bonds is 5. The van der Waals surface area contributed by atoms with E-state index in [0.29, 0.717) is 16.5 Å². The van der Waals surface area contributed by atoms with Crippen LogP contribution in [0.2, 0.25) is 5.02 Å². The first-order valence-corrected chi connectivity index (χ1v) is 8.17. The van der Waals surface area contributed by atoms with E-state index in [4.69, 9.17) is 11.6 Å². The number of benzene rings is 2. The lowest BCUT2D eigenvalue weighted by atomic mass is 10.2. The smallest absolute Gasteiger partial charge is 0.325 e. The highest BCUT2D eigenvalue weighted by atomic mass is 35.5. The molecule has 0 fully saturated rings. The summed E-state index contributed by atoms with van der Waals surface area (Å²) in [5.41, 5.74) is 0.599. The number of hydrogen-bond acceptors (Lipinski definition) is 2. The number of nitrogens with one attached hydrogen (secondary N) is 1. The van der Waals surface area contributed by atoms with Crippen molar-refractivity contribution in [3.05, 3.63) is 64.7 Å². The molecule has 0 saturated heterocycles. The highest BCUT2D eigenvalue weighted by Crippen LogP contribution is 2.29. The van der Waals surface area contributed by atoms with Crippen LogP contribution in [0.15, 0.2) is 48.5 Å². The van der Waals surface area contributed by atoms with Gasteiger partial charge in [0.05, 0.1) is 11.3 Å². The first-order valence-electron chi connectivity index (χ1n) is 6.64. The maximum absolute atomic E-state index is 12.4. The topological polar surface area (TPSA) is 29.1 Å². The molecule has 2 aromatic carbocycles. The summed E-state index contributed by atoms with van der Waals surface area (Å²) in [6.45, 7) is 0. The molecule has 0 spiro atoms. The zero-order valence-electron chi connectivity index (χ0n) is 11.9. The molecule has 0 heterocycles. The number of anilines is 1. The number of alkyl halides is 3. The van der Waals surface area contributed by atoms with Crippen LogP contribution in [0.4, 0.5) is 18.9 Å². The molecule has 2 aromatic rings. The predicted molar refractivity (Wildman–Crippen MR) is 87.7 cm³/mol. The van der Waals surface area contributed by atoms with E-state index in [0.717, 1.165) is 17.7 Å². The van der Waals surface area contributed by atoms with Crippen molar-refractivity contribution in [3.63, 3.8) is 0 Å². The fourth-order valence-corrected chi connectivity index (χ4v) is 2.82. The van der Waals surface area contributed by atoms with E-state index < -0.39 is 11.7 Å². The second-order valence-electron chi connectivity index (χ2n) is 4.75. The van der Waals surface area contributed by atoms with Gasteiger partial charge in [-0.1, -0.05) is 23.7 Å². The molecule has 0 atom stereocenters. The molecule has 2 nitrogen and oxygen atoms in total. The van der Waals surface area contributed by atoms with E-state index in [-0.39, 0.29) is 11.7 Å². The van der Waals surface area contributed by atoms with Gasteiger partial charge in [-0.05, 0) is 42.0 Å². The highest BCUT2D eigenvalue weighted by Gasteiger charge is 2.29. The Kier molecular flexibility index (Phi) is 5.96. The number of halogens is 4. The third kappa shape index (κ3) is 5.80. The molecule has 0 aromatic heterocycles. The van der Waals surface area contributed by atoms with Gasteiger partial charge in [-0.2, -0.15) is 13.2 Å². The number of carbonyl (C=O) groups excluding carboxylic acids is 1. The molecule has 1 amide bonds. The monoisotopic (exact) mass is 359 g/mol. The minimum atomic E-state index is -4.38. The lowest BCUT2D eigenvalue weighted by molar-refractivity contribution is -0.137. The first-order chi connectivity index (χ1) is 10.8. The molecule has 0 aliphatic heterocycles. The Morgan fingerprint density at radius 3 is 2.43 bits per heavy atom. The molecule has 0 unspecified atom stereocenters. The van der Waals surface area contributed by atoms with Crippen LogP contribution in [-0.2, 0) is 16.7 Å². The van der Waals surface area contributed by atoms with Crippen LogP contribution >= 0.6 is 23.4 Å². The van der Waals surface area contributed by atoms with Gasteiger partial charge < -0.3 is 5.32 Å². The van der Waals surface area contributed by atoms with Gasteiger partial charge >= 0.3 is 6.18 Å². The normalized spacial score (nSPS) is 11.3. The quantitative estimate of drug-likeness (QED) is 0.791. The van der Waals surface area contributed by atoms with Crippen LogP contribution < -0.4 is 5.32 Å². The van der Waals surface area contributed by atoms with E-state index in [1.165, 1.54) is 23.9 Å². The van der Waals surface area contributed by atoms with Crippen LogP contribution in [0.3, 0.4) is 0 Å². The average Bonchev–Trinajstić information content (AvgIpc) is 2.47. The van der Waals surface area contributed by atoms with Gasteiger partial charge in [-0.25, -0.2) is 0 Å². The Morgan fingerprint density at radius 1 is 1.13 bits per heavy atom. The van der Waals surface area contributed by atoms with E-state index in [2.05, 4.69) is 5.32 Å². The second-order valence-corrected chi connectivity index (χ2v) is 6.17. The fourth-order valence-electron chi connectivity index (χ4n) is 1.83. The average molecular weight is 360 g/mol. The molecule has 0 aliphatic carbocycles. The van der Waals surface area contributed by atoms with Crippen molar-refractivity contribution in [1.29, 1.82) is 0 Å². The lowest BCUT2D eigenvalue weighted by Crippen LogP contribution is -2.14. The highest BCUT2D eigenvalue weighted by molar-refractivity contribution is 7.99. The molecule has 1 N–H and O–H groups in total. The van der Waals surface area contributed by atoms with Crippen LogP contribution in [0.1, 0.15) is 11.1 Å². The van der Waals surface area contributed by atoms with Crippen molar-refractivity contribution in [2.75, 3.05) is 11.1 Å². The van der Waals surface area contributed by atoms with Crippen LogP contribution in [0.5, 0.6) is 0 Å². The maximum atomic E-state index is 12.4. The zero-order valence-corrected chi connectivity index (χ0v) is 13.4. The van der Waals surface area contributed by atoms with Crippen molar-refractivity contribution >= 4 is 35.0 Å². The largest absolute Gasteiger partial charge is 0.416 e. The van der Waals surface area contributed by atoms with Crippen molar-refractivity contribution in [3.8, 4) is 0 Å². The summed E-state index contributed by atoms with van der Waals surface area (Å²) < 4.78 is 37.3. The third-order valence-electron chi connectivity index (χ3n) is 2.89. The van der Waals surface area contributed by atoms with Gasteiger partial charge in [0.1, 0.15) is 0 Å². The van der Waals surface area contributed by atoms with Crippen molar-refractivity contribution in [1.82, 2.24) is 0 Å². The van der Waals surface area contributed by atoms with Crippen LogP contribution in [0, 0.1) is 0 Å². The number of carbonyl (C=O) groups is 1. The Morgan fingerprint density at radius 2 is 1.83 bits per heavy atom. The molecular weight excluding hydrogens is 347 g/mol. The van der Waals surface area contributed by atoms with Crippen LogP contribution in [-0.4, -0.2) is 11.7 Å². The number of amides is 1. The van der Waals surface area contributed by atoms with E-state index in [1.54, 1.807) is 6.07 Å². The Hall–Kier alpha value is -1.66. The summed E-state index contributed by atoms with van der Waals surface area (Å²) in [5, 5.41) is 3.20. The van der Waals surface area contributed by atoms with Gasteiger partial charge in [0.15, 0.2) is 0 Å². The van der Waals surface area contributed by atoms with Gasteiger partial charge in [-0.15, -0.1) is 11.8 Å². The van der Waals surface area contributed by atoms with E-state index >= 15 is 0 Å². The SMILES string of the molecule is O=C(CSCc1cccc(Cl)c1)Nc1ccc(C(F)(F)F)cc1. The van der Waals surface area contributed by atoms with Gasteiger partial charge in [0, 0.05) is 16.5 Å². The molecule has 23 heavy (non-hydrogen) atoms. The molecule has 0 bridgehead atoms. The Bertz CT molecular complexity index is 674. The van der Waals surface area contributed by atoms with Crippen molar-refractivity contribution in [2.24, 2.45) is 0 Å². The summed E-state index contributed by atoms with van der Waals surface area (Å²) in [6, 6.07) is 11.7. The molecule has 0 aliphatic rings. The zero-order chi connectivity index (χ0) is 16.9. The van der Waals surface area contributed by atoms with Gasteiger partial charge in [0.25, 0.3) is 0 Å². The van der Waals surface area contributed by atoms with Crippen molar-refractivity contribution < 1.29 is 18.0 Å². The second kappa shape index (κ2) is 7.75. The summed E-state index contributed by atoms with van der Waals surface area (Å²) in [6.07, 6.45) is -4.38. The Labute approximate surface area is 141 Å². The summed E-state index contributed by atoms with van der Waals surface area (Å²) in [4.78, 5) is 11.8. The lowest BCUT2D eigenvalue weighted by Gasteiger charge is -2.09. The maximum Gasteiger partial charge on any atom is 0.416 e. The molecule has 2 rings (SSSR count). The number of hydrogen-bond donors (Lipinski definition) is 1. The molecular formula is C16H13ClF3NOS. The number of thioether (sulfide) groups is 1. The summed E-state index contributed by atoms with van der Waals surface area (Å²) in [5.74, 6) is 0.561. The van der Waals surface area contributed by atoms with E-state index in [9.17, 15) is 18.0 Å². The fraction of sp³-hybridized carbons (Fsp3) is 0.188. The predicted octanol–water partition coefficient (Wildman–Crippen LogP) is 5.23. The van der Waals surface area contributed by atoms with Gasteiger partial charge in [0.2, 0.25) is 5.91 Å². The standard InChI is InChI=1S/C16H13ClF3NOS/c17-13-3-1-2-11(8-13)9-23-10-15(22)21-14-6-4-12(5-7-14)16(18,19)20/h1-8H,9-10H2,(H,21,22).